The van der Waals surface area contributed by atoms with Gasteiger partial charge in [0.25, 0.3) is 5.91 Å². The maximum absolute atomic E-state index is 12.2. The number of piperidine rings is 1. The molecule has 0 saturated carbocycles. The SMILES string of the molecule is Nc1ccc(CNC(=O)c2csc(C3CCNCC3)n2)cc1. The third kappa shape index (κ3) is 3.64. The molecule has 1 fully saturated rings. The number of rotatable bonds is 4. The molecule has 4 N–H and O–H groups in total. The predicted octanol–water partition coefficient (Wildman–Crippen LogP) is 2.12. The van der Waals surface area contributed by atoms with Gasteiger partial charge in [0, 0.05) is 23.5 Å². The number of nitrogen functional groups attached to an aromatic ring is 1. The first-order chi connectivity index (χ1) is 10.7. The summed E-state index contributed by atoms with van der Waals surface area (Å²) in [4.78, 5) is 16.7. The number of aromatic nitrogens is 1. The average Bonchev–Trinajstić information content (AvgIpc) is 3.05. The number of nitrogens with zero attached hydrogens (tertiary/aromatic N) is 1. The summed E-state index contributed by atoms with van der Waals surface area (Å²) >= 11 is 1.59. The summed E-state index contributed by atoms with van der Waals surface area (Å²) in [6, 6.07) is 7.49. The van der Waals surface area contributed by atoms with Gasteiger partial charge >= 0.3 is 0 Å². The van der Waals surface area contributed by atoms with E-state index in [0.29, 0.717) is 18.2 Å². The van der Waals surface area contributed by atoms with Crippen molar-refractivity contribution in [2.24, 2.45) is 0 Å². The van der Waals surface area contributed by atoms with Gasteiger partial charge in [-0.15, -0.1) is 11.3 Å². The zero-order chi connectivity index (χ0) is 15.4. The molecule has 2 heterocycles. The first-order valence-corrected chi connectivity index (χ1v) is 8.39. The Kier molecular flexibility index (Phi) is 4.70. The predicted molar refractivity (Wildman–Crippen MR) is 89.0 cm³/mol. The highest BCUT2D eigenvalue weighted by Gasteiger charge is 2.20. The molecule has 5 nitrogen and oxygen atoms in total. The average molecular weight is 316 g/mol. The minimum Gasteiger partial charge on any atom is -0.399 e. The molecule has 2 aromatic rings. The fourth-order valence-electron chi connectivity index (χ4n) is 2.56. The number of carbonyl (C=O) groups is 1. The highest BCUT2D eigenvalue weighted by Crippen LogP contribution is 2.27. The summed E-state index contributed by atoms with van der Waals surface area (Å²) in [7, 11) is 0. The second-order valence-corrected chi connectivity index (χ2v) is 6.41. The van der Waals surface area contributed by atoms with Gasteiger partial charge in [0.1, 0.15) is 5.69 Å². The van der Waals surface area contributed by atoms with Crippen LogP contribution in [0.15, 0.2) is 29.6 Å². The molecule has 1 amide bonds. The van der Waals surface area contributed by atoms with Crippen molar-refractivity contribution in [1.82, 2.24) is 15.6 Å². The number of hydrogen-bond acceptors (Lipinski definition) is 5. The zero-order valence-electron chi connectivity index (χ0n) is 12.3. The lowest BCUT2D eigenvalue weighted by Gasteiger charge is -2.20. The molecule has 1 aromatic heterocycles. The van der Waals surface area contributed by atoms with E-state index in [4.69, 9.17) is 5.73 Å². The summed E-state index contributed by atoms with van der Waals surface area (Å²) in [6.07, 6.45) is 2.19. The van der Waals surface area contributed by atoms with Crippen LogP contribution in [0.2, 0.25) is 0 Å². The van der Waals surface area contributed by atoms with Gasteiger partial charge in [0.2, 0.25) is 0 Å². The summed E-state index contributed by atoms with van der Waals surface area (Å²) in [5.74, 6) is 0.373. The van der Waals surface area contributed by atoms with E-state index in [1.54, 1.807) is 11.3 Å². The first-order valence-electron chi connectivity index (χ1n) is 7.51. The van der Waals surface area contributed by atoms with E-state index in [-0.39, 0.29) is 5.91 Å². The number of thiazole rings is 1. The molecule has 1 saturated heterocycles. The number of carbonyl (C=O) groups excluding carboxylic acids is 1. The Morgan fingerprint density at radius 3 is 2.77 bits per heavy atom. The number of nitrogens with two attached hydrogens (primary N) is 1. The Hall–Kier alpha value is -1.92. The van der Waals surface area contributed by atoms with Gasteiger partial charge in [-0.2, -0.15) is 0 Å². The van der Waals surface area contributed by atoms with Crippen molar-refractivity contribution in [2.75, 3.05) is 18.8 Å². The van der Waals surface area contributed by atoms with Crippen LogP contribution in [0.5, 0.6) is 0 Å². The normalized spacial score (nSPS) is 15.6. The van der Waals surface area contributed by atoms with Gasteiger partial charge in [-0.05, 0) is 43.6 Å². The minimum absolute atomic E-state index is 0.117. The van der Waals surface area contributed by atoms with Crippen molar-refractivity contribution in [3.05, 3.63) is 45.9 Å². The van der Waals surface area contributed by atoms with Crippen LogP contribution in [0, 0.1) is 0 Å². The monoisotopic (exact) mass is 316 g/mol. The van der Waals surface area contributed by atoms with Crippen molar-refractivity contribution in [3.8, 4) is 0 Å². The third-order valence-corrected chi connectivity index (χ3v) is 4.88. The molecule has 1 aromatic carbocycles. The fraction of sp³-hybridized carbons (Fsp3) is 0.375. The Bertz CT molecular complexity index is 632. The topological polar surface area (TPSA) is 80.0 Å². The van der Waals surface area contributed by atoms with Crippen molar-refractivity contribution in [3.63, 3.8) is 0 Å². The van der Waals surface area contributed by atoms with Crippen LogP contribution >= 0.6 is 11.3 Å². The largest absolute Gasteiger partial charge is 0.399 e. The van der Waals surface area contributed by atoms with Crippen LogP contribution in [0.25, 0.3) is 0 Å². The zero-order valence-corrected chi connectivity index (χ0v) is 13.2. The van der Waals surface area contributed by atoms with E-state index in [9.17, 15) is 4.79 Å². The smallest absolute Gasteiger partial charge is 0.271 e. The lowest BCUT2D eigenvalue weighted by Crippen LogP contribution is -2.27. The quantitative estimate of drug-likeness (QED) is 0.755. The molecular weight excluding hydrogens is 296 g/mol. The van der Waals surface area contributed by atoms with E-state index in [2.05, 4.69) is 15.6 Å². The first kappa shape index (κ1) is 15.0. The molecule has 0 spiro atoms. The van der Waals surface area contributed by atoms with Gasteiger partial charge in [-0.1, -0.05) is 12.1 Å². The van der Waals surface area contributed by atoms with E-state index < -0.39 is 0 Å². The van der Waals surface area contributed by atoms with Crippen LogP contribution < -0.4 is 16.4 Å². The summed E-state index contributed by atoms with van der Waals surface area (Å²) in [5.41, 5.74) is 7.92. The van der Waals surface area contributed by atoms with Gasteiger partial charge in [-0.25, -0.2) is 4.98 Å². The summed E-state index contributed by atoms with van der Waals surface area (Å²) < 4.78 is 0. The minimum atomic E-state index is -0.117. The molecule has 3 rings (SSSR count). The van der Waals surface area contributed by atoms with Crippen LogP contribution in [-0.2, 0) is 6.54 Å². The molecular formula is C16H20N4OS. The molecule has 0 unspecified atom stereocenters. The van der Waals surface area contributed by atoms with Crippen LogP contribution in [0.4, 0.5) is 5.69 Å². The number of benzene rings is 1. The van der Waals surface area contributed by atoms with Gasteiger partial charge in [-0.3, -0.25) is 4.79 Å². The maximum atomic E-state index is 12.2. The number of nitrogens with one attached hydrogen (secondary N) is 2. The second-order valence-electron chi connectivity index (χ2n) is 5.52. The number of amides is 1. The summed E-state index contributed by atoms with van der Waals surface area (Å²) in [6.45, 7) is 2.55. The molecule has 22 heavy (non-hydrogen) atoms. The Balaban J connectivity index is 1.58. The maximum Gasteiger partial charge on any atom is 0.271 e. The van der Waals surface area contributed by atoms with E-state index in [1.807, 2.05) is 29.6 Å². The summed E-state index contributed by atoms with van der Waals surface area (Å²) in [5, 5.41) is 9.19. The highest BCUT2D eigenvalue weighted by molar-refractivity contribution is 7.09. The third-order valence-electron chi connectivity index (χ3n) is 3.88. The van der Waals surface area contributed by atoms with Crippen LogP contribution in [-0.4, -0.2) is 24.0 Å². The van der Waals surface area contributed by atoms with Crippen LogP contribution in [0.3, 0.4) is 0 Å². The Morgan fingerprint density at radius 2 is 2.05 bits per heavy atom. The lowest BCUT2D eigenvalue weighted by molar-refractivity contribution is 0.0946. The molecule has 0 bridgehead atoms. The van der Waals surface area contributed by atoms with Gasteiger partial charge in [0.15, 0.2) is 0 Å². The fourth-order valence-corrected chi connectivity index (χ4v) is 3.53. The standard InChI is InChI=1S/C16H20N4OS/c17-13-3-1-11(2-4-13)9-19-15(21)14-10-22-16(20-14)12-5-7-18-8-6-12/h1-4,10,12,18H,5-9,17H2,(H,19,21). The molecule has 0 aliphatic carbocycles. The molecule has 6 heteroatoms. The molecule has 1 aliphatic heterocycles. The van der Waals surface area contributed by atoms with Crippen molar-refractivity contribution in [2.45, 2.75) is 25.3 Å². The van der Waals surface area contributed by atoms with Crippen molar-refractivity contribution in [1.29, 1.82) is 0 Å². The highest BCUT2D eigenvalue weighted by atomic mass is 32.1. The van der Waals surface area contributed by atoms with E-state index >= 15 is 0 Å². The van der Waals surface area contributed by atoms with E-state index in [0.717, 1.165) is 42.2 Å². The number of anilines is 1. The molecule has 0 radical (unpaired) electrons. The van der Waals surface area contributed by atoms with Crippen molar-refractivity contribution >= 4 is 22.9 Å². The van der Waals surface area contributed by atoms with Crippen molar-refractivity contribution < 1.29 is 4.79 Å². The second kappa shape index (κ2) is 6.89. The Morgan fingerprint density at radius 1 is 1.32 bits per heavy atom. The molecule has 1 aliphatic rings. The number of hydrogen-bond donors (Lipinski definition) is 3. The molecule has 0 atom stereocenters. The Labute approximate surface area is 133 Å². The molecule has 116 valence electrons. The van der Waals surface area contributed by atoms with Gasteiger partial charge < -0.3 is 16.4 Å². The lowest BCUT2D eigenvalue weighted by atomic mass is 9.99. The van der Waals surface area contributed by atoms with Crippen LogP contribution in [0.1, 0.15) is 39.8 Å². The van der Waals surface area contributed by atoms with E-state index in [1.165, 1.54) is 0 Å². The van der Waals surface area contributed by atoms with Gasteiger partial charge in [0.05, 0.1) is 5.01 Å².